The topological polar surface area (TPSA) is 49.4 Å². The Kier molecular flexibility index (Phi) is 3.50. The molecule has 0 bridgehead atoms. The molecule has 3 aromatic carbocycles. The van der Waals surface area contributed by atoms with Crippen LogP contribution >= 0.6 is 0 Å². The van der Waals surface area contributed by atoms with Gasteiger partial charge < -0.3 is 0 Å². The number of hydrogen-bond acceptors (Lipinski definition) is 2. The second-order valence-electron chi connectivity index (χ2n) is 5.88. The minimum Gasteiger partial charge on any atom is -0.272 e. The molecule has 0 aliphatic carbocycles. The molecular formula is C20H16N2O2. The SMILES string of the molecule is O=C1NN(c2ccccc2)C(=O)C1Cc1cccc2ccccc12. The van der Waals surface area contributed by atoms with E-state index in [-0.39, 0.29) is 11.8 Å². The summed E-state index contributed by atoms with van der Waals surface area (Å²) in [4.78, 5) is 25.0. The molecule has 2 amide bonds. The monoisotopic (exact) mass is 316 g/mol. The van der Waals surface area contributed by atoms with Crippen molar-refractivity contribution >= 4 is 28.3 Å². The quantitative estimate of drug-likeness (QED) is 0.755. The first kappa shape index (κ1) is 14.5. The molecule has 0 saturated carbocycles. The number of benzene rings is 3. The summed E-state index contributed by atoms with van der Waals surface area (Å²) in [6.45, 7) is 0. The van der Waals surface area contributed by atoms with Gasteiger partial charge in [-0.1, -0.05) is 60.7 Å². The van der Waals surface area contributed by atoms with E-state index >= 15 is 0 Å². The average molecular weight is 316 g/mol. The minimum atomic E-state index is -0.698. The van der Waals surface area contributed by atoms with Crippen molar-refractivity contribution in [1.82, 2.24) is 5.43 Å². The summed E-state index contributed by atoms with van der Waals surface area (Å²) in [6, 6.07) is 23.2. The number of amides is 2. The minimum absolute atomic E-state index is 0.209. The van der Waals surface area contributed by atoms with E-state index in [0.29, 0.717) is 12.1 Å². The Labute approximate surface area is 139 Å². The first-order valence-corrected chi connectivity index (χ1v) is 7.90. The maximum absolute atomic E-state index is 12.7. The summed E-state index contributed by atoms with van der Waals surface area (Å²) >= 11 is 0. The molecule has 0 spiro atoms. The number of carbonyl (C=O) groups is 2. The van der Waals surface area contributed by atoms with Crippen LogP contribution in [0.25, 0.3) is 10.8 Å². The summed E-state index contributed by atoms with van der Waals surface area (Å²) in [7, 11) is 0. The summed E-state index contributed by atoms with van der Waals surface area (Å²) < 4.78 is 0. The number of rotatable bonds is 3. The van der Waals surface area contributed by atoms with E-state index in [1.807, 2.05) is 60.7 Å². The number of carbonyl (C=O) groups excluding carboxylic acids is 2. The van der Waals surface area contributed by atoms with Crippen molar-refractivity contribution in [3.05, 3.63) is 78.4 Å². The Morgan fingerprint density at radius 3 is 2.38 bits per heavy atom. The van der Waals surface area contributed by atoms with Gasteiger partial charge in [0.15, 0.2) is 0 Å². The molecule has 4 rings (SSSR count). The summed E-state index contributed by atoms with van der Waals surface area (Å²) in [5.74, 6) is -1.16. The number of nitrogens with zero attached hydrogens (tertiary/aromatic N) is 1. The summed E-state index contributed by atoms with van der Waals surface area (Å²) in [5, 5.41) is 3.54. The molecule has 118 valence electrons. The third kappa shape index (κ3) is 2.42. The highest BCUT2D eigenvalue weighted by atomic mass is 16.2. The number of hydrogen-bond donors (Lipinski definition) is 1. The molecule has 1 aliphatic heterocycles. The number of para-hydroxylation sites is 1. The van der Waals surface area contributed by atoms with Gasteiger partial charge in [-0.2, -0.15) is 0 Å². The summed E-state index contributed by atoms with van der Waals surface area (Å²) in [5.41, 5.74) is 4.37. The van der Waals surface area contributed by atoms with Gasteiger partial charge in [0.2, 0.25) is 0 Å². The lowest BCUT2D eigenvalue weighted by Crippen LogP contribution is -2.35. The van der Waals surface area contributed by atoms with Gasteiger partial charge in [-0.3, -0.25) is 15.0 Å². The molecule has 1 saturated heterocycles. The molecule has 1 atom stereocenters. The van der Waals surface area contributed by atoms with Crippen LogP contribution < -0.4 is 10.4 Å². The number of fused-ring (bicyclic) bond motifs is 1. The third-order valence-electron chi connectivity index (χ3n) is 4.38. The number of hydrazine groups is 1. The lowest BCUT2D eigenvalue weighted by Gasteiger charge is -2.15. The Balaban J connectivity index is 1.65. The maximum atomic E-state index is 12.7. The standard InChI is InChI=1S/C20H16N2O2/c23-19-18(20(24)22(21-19)16-10-2-1-3-11-16)13-15-9-6-8-14-7-4-5-12-17(14)15/h1-12,18H,13H2,(H,21,23). The number of anilines is 1. The van der Waals surface area contributed by atoms with Crippen LogP contribution in [0.4, 0.5) is 5.69 Å². The van der Waals surface area contributed by atoms with Crippen molar-refractivity contribution < 1.29 is 9.59 Å². The van der Waals surface area contributed by atoms with Gasteiger partial charge in [0, 0.05) is 0 Å². The van der Waals surface area contributed by atoms with Crippen molar-refractivity contribution in [3.8, 4) is 0 Å². The van der Waals surface area contributed by atoms with Crippen LogP contribution in [0.2, 0.25) is 0 Å². The smallest absolute Gasteiger partial charge is 0.258 e. The second kappa shape index (κ2) is 5.81. The third-order valence-corrected chi connectivity index (χ3v) is 4.38. The predicted molar refractivity (Wildman–Crippen MR) is 93.2 cm³/mol. The van der Waals surface area contributed by atoms with Crippen LogP contribution in [-0.2, 0) is 16.0 Å². The van der Waals surface area contributed by atoms with Gasteiger partial charge in [0.1, 0.15) is 5.92 Å². The van der Waals surface area contributed by atoms with Crippen LogP contribution in [0, 0.1) is 5.92 Å². The first-order chi connectivity index (χ1) is 11.7. The van der Waals surface area contributed by atoms with Gasteiger partial charge in [-0.25, -0.2) is 5.01 Å². The van der Waals surface area contributed by atoms with Gasteiger partial charge in [-0.15, -0.1) is 0 Å². The fourth-order valence-electron chi connectivity index (χ4n) is 3.15. The van der Waals surface area contributed by atoms with E-state index in [4.69, 9.17) is 0 Å². The lowest BCUT2D eigenvalue weighted by molar-refractivity contribution is -0.127. The normalized spacial score (nSPS) is 17.3. The van der Waals surface area contributed by atoms with E-state index in [1.54, 1.807) is 12.1 Å². The zero-order valence-electron chi connectivity index (χ0n) is 13.0. The molecule has 0 aromatic heterocycles. The fraction of sp³-hybridized carbons (Fsp3) is 0.100. The Hall–Kier alpha value is -3.14. The zero-order valence-corrected chi connectivity index (χ0v) is 13.0. The molecule has 1 unspecified atom stereocenters. The Morgan fingerprint density at radius 1 is 0.833 bits per heavy atom. The molecule has 1 fully saturated rings. The molecule has 1 heterocycles. The van der Waals surface area contributed by atoms with Crippen LogP contribution in [0.15, 0.2) is 72.8 Å². The Morgan fingerprint density at radius 2 is 1.54 bits per heavy atom. The molecule has 4 nitrogen and oxygen atoms in total. The summed E-state index contributed by atoms with van der Waals surface area (Å²) in [6.07, 6.45) is 0.398. The average Bonchev–Trinajstić information content (AvgIpc) is 2.91. The highest BCUT2D eigenvalue weighted by Crippen LogP contribution is 2.26. The molecule has 4 heteroatoms. The lowest BCUT2D eigenvalue weighted by atomic mass is 9.94. The van der Waals surface area contributed by atoms with Crippen molar-refractivity contribution in [1.29, 1.82) is 0 Å². The van der Waals surface area contributed by atoms with Gasteiger partial charge in [-0.05, 0) is 34.9 Å². The van der Waals surface area contributed by atoms with Gasteiger partial charge >= 0.3 is 0 Å². The van der Waals surface area contributed by atoms with E-state index in [0.717, 1.165) is 16.3 Å². The van der Waals surface area contributed by atoms with Crippen molar-refractivity contribution in [2.24, 2.45) is 5.92 Å². The van der Waals surface area contributed by atoms with E-state index in [1.165, 1.54) is 5.01 Å². The van der Waals surface area contributed by atoms with E-state index in [2.05, 4.69) is 5.43 Å². The van der Waals surface area contributed by atoms with Gasteiger partial charge in [0.25, 0.3) is 11.8 Å². The fourth-order valence-corrected chi connectivity index (χ4v) is 3.15. The van der Waals surface area contributed by atoms with Crippen LogP contribution in [0.5, 0.6) is 0 Å². The molecule has 24 heavy (non-hydrogen) atoms. The maximum Gasteiger partial charge on any atom is 0.258 e. The molecule has 0 radical (unpaired) electrons. The van der Waals surface area contributed by atoms with Crippen molar-refractivity contribution in [2.45, 2.75) is 6.42 Å². The molecule has 1 N–H and O–H groups in total. The molecule has 3 aromatic rings. The van der Waals surface area contributed by atoms with Crippen LogP contribution in [0.3, 0.4) is 0 Å². The van der Waals surface area contributed by atoms with E-state index in [9.17, 15) is 9.59 Å². The van der Waals surface area contributed by atoms with Gasteiger partial charge in [0.05, 0.1) is 5.69 Å². The zero-order chi connectivity index (χ0) is 16.5. The van der Waals surface area contributed by atoms with Crippen LogP contribution in [0.1, 0.15) is 5.56 Å². The second-order valence-corrected chi connectivity index (χ2v) is 5.88. The van der Waals surface area contributed by atoms with Crippen molar-refractivity contribution in [2.75, 3.05) is 5.01 Å². The molecular weight excluding hydrogens is 300 g/mol. The highest BCUT2D eigenvalue weighted by molar-refractivity contribution is 6.14. The number of nitrogens with one attached hydrogen (secondary N) is 1. The molecule has 1 aliphatic rings. The largest absolute Gasteiger partial charge is 0.272 e. The van der Waals surface area contributed by atoms with Crippen LogP contribution in [-0.4, -0.2) is 11.8 Å². The Bertz CT molecular complexity index is 916. The van der Waals surface area contributed by atoms with E-state index < -0.39 is 5.92 Å². The predicted octanol–water partition coefficient (Wildman–Crippen LogP) is 3.08. The van der Waals surface area contributed by atoms with Crippen molar-refractivity contribution in [3.63, 3.8) is 0 Å². The first-order valence-electron chi connectivity index (χ1n) is 7.90. The highest BCUT2D eigenvalue weighted by Gasteiger charge is 2.40.